The quantitative estimate of drug-likeness (QED) is 0.922. The van der Waals surface area contributed by atoms with E-state index in [4.69, 9.17) is 0 Å². The fourth-order valence-corrected chi connectivity index (χ4v) is 2.22. The number of halogens is 2. The zero-order chi connectivity index (χ0) is 14.9. The SMILES string of the molecule is Cc1nn(CC(C)C)cc1NCc1c(C)nn(C)c1F.Cl. The molecule has 0 aliphatic carbocycles. The highest BCUT2D eigenvalue weighted by Gasteiger charge is 2.13. The second-order valence-electron chi connectivity index (χ2n) is 5.58. The number of nitrogens with one attached hydrogen (secondary N) is 1. The van der Waals surface area contributed by atoms with E-state index >= 15 is 0 Å². The molecule has 0 saturated carbocycles. The van der Waals surface area contributed by atoms with E-state index in [0.717, 1.165) is 17.9 Å². The first kappa shape index (κ1) is 17.5. The van der Waals surface area contributed by atoms with Crippen LogP contribution in [-0.2, 0) is 20.1 Å². The van der Waals surface area contributed by atoms with E-state index in [0.29, 0.717) is 23.7 Å². The molecule has 0 fully saturated rings. The minimum absolute atomic E-state index is 0. The van der Waals surface area contributed by atoms with Crippen molar-refractivity contribution in [3.63, 3.8) is 0 Å². The van der Waals surface area contributed by atoms with Gasteiger partial charge in [0.15, 0.2) is 0 Å². The van der Waals surface area contributed by atoms with Gasteiger partial charge in [0.25, 0.3) is 0 Å². The Kier molecular flexibility index (Phi) is 5.78. The molecule has 0 radical (unpaired) electrons. The Morgan fingerprint density at radius 1 is 1.24 bits per heavy atom. The summed E-state index contributed by atoms with van der Waals surface area (Å²) in [5.74, 6) is 0.252. The maximum atomic E-state index is 13.8. The van der Waals surface area contributed by atoms with Gasteiger partial charge >= 0.3 is 0 Å². The largest absolute Gasteiger partial charge is 0.378 e. The lowest BCUT2D eigenvalue weighted by Gasteiger charge is -2.04. The Hall–Kier alpha value is -1.56. The van der Waals surface area contributed by atoms with Crippen molar-refractivity contribution in [2.24, 2.45) is 13.0 Å². The van der Waals surface area contributed by atoms with Crippen LogP contribution < -0.4 is 5.32 Å². The van der Waals surface area contributed by atoms with E-state index < -0.39 is 0 Å². The lowest BCUT2D eigenvalue weighted by molar-refractivity contribution is 0.481. The van der Waals surface area contributed by atoms with Crippen molar-refractivity contribution >= 4 is 18.1 Å². The van der Waals surface area contributed by atoms with Crippen molar-refractivity contribution in [2.45, 2.75) is 40.8 Å². The first-order chi connectivity index (χ1) is 9.38. The highest BCUT2D eigenvalue weighted by atomic mass is 35.5. The molecule has 2 rings (SSSR count). The summed E-state index contributed by atoms with van der Waals surface area (Å²) >= 11 is 0. The Morgan fingerprint density at radius 2 is 1.90 bits per heavy atom. The van der Waals surface area contributed by atoms with E-state index in [-0.39, 0.29) is 18.4 Å². The van der Waals surface area contributed by atoms with Crippen LogP contribution in [0.1, 0.15) is 30.8 Å². The molecule has 0 saturated heterocycles. The maximum absolute atomic E-state index is 13.8. The summed E-state index contributed by atoms with van der Waals surface area (Å²) in [5.41, 5.74) is 3.18. The van der Waals surface area contributed by atoms with Gasteiger partial charge in [0, 0.05) is 31.9 Å². The van der Waals surface area contributed by atoms with Crippen LogP contribution in [0, 0.1) is 25.7 Å². The van der Waals surface area contributed by atoms with E-state index in [2.05, 4.69) is 29.4 Å². The van der Waals surface area contributed by atoms with Crippen LogP contribution in [0.4, 0.5) is 10.1 Å². The molecule has 118 valence electrons. The highest BCUT2D eigenvalue weighted by molar-refractivity contribution is 5.85. The lowest BCUT2D eigenvalue weighted by Crippen LogP contribution is -2.05. The standard InChI is InChI=1S/C14H22FN5.ClH/c1-9(2)7-20-8-13(11(4)18-20)16-6-12-10(3)17-19(5)14(12)15;/h8-9,16H,6-7H2,1-5H3;1H. The second kappa shape index (κ2) is 6.93. The van der Waals surface area contributed by atoms with Crippen molar-refractivity contribution in [1.82, 2.24) is 19.6 Å². The fourth-order valence-electron chi connectivity index (χ4n) is 2.22. The van der Waals surface area contributed by atoms with Crippen LogP contribution in [-0.4, -0.2) is 19.6 Å². The van der Waals surface area contributed by atoms with E-state index in [9.17, 15) is 4.39 Å². The summed E-state index contributed by atoms with van der Waals surface area (Å²) in [5, 5.41) is 11.8. The molecule has 0 aliphatic heterocycles. The van der Waals surface area contributed by atoms with Gasteiger partial charge in [0.2, 0.25) is 5.95 Å². The first-order valence-electron chi connectivity index (χ1n) is 6.84. The van der Waals surface area contributed by atoms with Crippen LogP contribution in [0.25, 0.3) is 0 Å². The summed E-state index contributed by atoms with van der Waals surface area (Å²) in [6.45, 7) is 9.36. The van der Waals surface area contributed by atoms with Gasteiger partial charge in [0.05, 0.1) is 17.1 Å². The van der Waals surface area contributed by atoms with Crippen LogP contribution in [0.2, 0.25) is 0 Å². The molecule has 2 heterocycles. The summed E-state index contributed by atoms with van der Waals surface area (Å²) in [4.78, 5) is 0. The number of hydrogen-bond acceptors (Lipinski definition) is 3. The van der Waals surface area contributed by atoms with Gasteiger partial charge in [0.1, 0.15) is 0 Å². The molecule has 5 nitrogen and oxygen atoms in total. The first-order valence-corrected chi connectivity index (χ1v) is 6.84. The highest BCUT2D eigenvalue weighted by Crippen LogP contribution is 2.17. The maximum Gasteiger partial charge on any atom is 0.216 e. The molecular weight excluding hydrogens is 293 g/mol. The molecule has 0 bridgehead atoms. The number of hydrogen-bond donors (Lipinski definition) is 1. The Morgan fingerprint density at radius 3 is 2.43 bits per heavy atom. The van der Waals surface area contributed by atoms with Crippen LogP contribution in [0.5, 0.6) is 0 Å². The van der Waals surface area contributed by atoms with E-state index in [1.54, 1.807) is 7.05 Å². The van der Waals surface area contributed by atoms with Gasteiger partial charge in [-0.25, -0.2) is 4.68 Å². The summed E-state index contributed by atoms with van der Waals surface area (Å²) < 4.78 is 17.0. The van der Waals surface area contributed by atoms with Crippen LogP contribution >= 0.6 is 12.4 Å². The second-order valence-corrected chi connectivity index (χ2v) is 5.58. The summed E-state index contributed by atoms with van der Waals surface area (Å²) in [7, 11) is 1.61. The number of anilines is 1. The molecule has 0 spiro atoms. The Balaban J connectivity index is 0.00000220. The number of nitrogens with zero attached hydrogens (tertiary/aromatic N) is 4. The minimum atomic E-state index is -0.290. The van der Waals surface area contributed by atoms with Crippen LogP contribution in [0.3, 0.4) is 0 Å². The van der Waals surface area contributed by atoms with Gasteiger partial charge in [-0.1, -0.05) is 13.8 Å². The van der Waals surface area contributed by atoms with E-state index in [1.165, 1.54) is 4.68 Å². The molecule has 2 aromatic rings. The summed E-state index contributed by atoms with van der Waals surface area (Å²) in [6.07, 6.45) is 1.97. The molecule has 0 unspecified atom stereocenters. The lowest BCUT2D eigenvalue weighted by atomic mass is 10.2. The van der Waals surface area contributed by atoms with Gasteiger partial charge in [-0.05, 0) is 19.8 Å². The molecule has 1 N–H and O–H groups in total. The predicted octanol–water partition coefficient (Wildman–Crippen LogP) is 3.06. The van der Waals surface area contributed by atoms with Gasteiger partial charge in [-0.3, -0.25) is 4.68 Å². The van der Waals surface area contributed by atoms with Crippen LogP contribution in [0.15, 0.2) is 6.20 Å². The average molecular weight is 316 g/mol. The third kappa shape index (κ3) is 3.97. The summed E-state index contributed by atoms with van der Waals surface area (Å²) in [6, 6.07) is 0. The monoisotopic (exact) mass is 315 g/mol. The molecule has 21 heavy (non-hydrogen) atoms. The molecule has 0 amide bonds. The van der Waals surface area contributed by atoms with E-state index in [1.807, 2.05) is 24.7 Å². The van der Waals surface area contributed by atoms with Gasteiger partial charge in [-0.2, -0.15) is 14.6 Å². The number of rotatable bonds is 5. The zero-order valence-corrected chi connectivity index (χ0v) is 14.0. The molecule has 7 heteroatoms. The smallest absolute Gasteiger partial charge is 0.216 e. The Labute approximate surface area is 130 Å². The van der Waals surface area contributed by atoms with Crippen molar-refractivity contribution in [3.8, 4) is 0 Å². The molecule has 0 aliphatic rings. The molecule has 0 atom stereocenters. The normalized spacial score (nSPS) is 10.8. The zero-order valence-electron chi connectivity index (χ0n) is 13.1. The van der Waals surface area contributed by atoms with Crippen molar-refractivity contribution < 1.29 is 4.39 Å². The third-order valence-corrected chi connectivity index (χ3v) is 3.22. The average Bonchev–Trinajstić information content (AvgIpc) is 2.79. The number of aromatic nitrogens is 4. The predicted molar refractivity (Wildman–Crippen MR) is 84.3 cm³/mol. The van der Waals surface area contributed by atoms with Crippen molar-refractivity contribution in [3.05, 3.63) is 29.1 Å². The minimum Gasteiger partial charge on any atom is -0.378 e. The van der Waals surface area contributed by atoms with Crippen molar-refractivity contribution in [1.29, 1.82) is 0 Å². The molecule has 2 aromatic heterocycles. The topological polar surface area (TPSA) is 47.7 Å². The third-order valence-electron chi connectivity index (χ3n) is 3.22. The molecular formula is C14H23ClFN5. The fraction of sp³-hybridized carbons (Fsp3) is 0.571. The van der Waals surface area contributed by atoms with Gasteiger partial charge < -0.3 is 5.32 Å². The van der Waals surface area contributed by atoms with Gasteiger partial charge in [-0.15, -0.1) is 12.4 Å². The Bertz CT molecular complexity index is 603. The van der Waals surface area contributed by atoms with Crippen molar-refractivity contribution in [2.75, 3.05) is 5.32 Å². The molecule has 0 aromatic carbocycles. The number of aryl methyl sites for hydroxylation is 3.